The van der Waals surface area contributed by atoms with Crippen LogP contribution in [0.3, 0.4) is 0 Å². The predicted octanol–water partition coefficient (Wildman–Crippen LogP) is 4.62. The summed E-state index contributed by atoms with van der Waals surface area (Å²) < 4.78 is 30.9. The first-order valence-electron chi connectivity index (χ1n) is 8.86. The van der Waals surface area contributed by atoms with Crippen LogP contribution in [-0.2, 0) is 11.2 Å². The molecule has 1 aliphatic carbocycles. The molecule has 0 spiro atoms. The van der Waals surface area contributed by atoms with Gasteiger partial charge in [0.15, 0.2) is 0 Å². The van der Waals surface area contributed by atoms with Gasteiger partial charge in [0.05, 0.1) is 13.7 Å². The predicted molar refractivity (Wildman–Crippen MR) is 100 cm³/mol. The summed E-state index contributed by atoms with van der Waals surface area (Å²) in [5.41, 5.74) is 7.86. The molecule has 27 heavy (non-hydrogen) atoms. The minimum absolute atomic E-state index is 0.322. The fraction of sp³-hybridized carbons (Fsp3) is 0.381. The van der Waals surface area contributed by atoms with E-state index in [1.54, 1.807) is 12.1 Å². The molecule has 5 nitrogen and oxygen atoms in total. The maximum absolute atomic E-state index is 14.7. The van der Waals surface area contributed by atoms with Crippen LogP contribution in [0.1, 0.15) is 38.0 Å². The van der Waals surface area contributed by atoms with Gasteiger partial charge in [-0.1, -0.05) is 13.8 Å². The third-order valence-corrected chi connectivity index (χ3v) is 4.88. The minimum atomic E-state index is -0.816. The summed E-state index contributed by atoms with van der Waals surface area (Å²) in [6, 6.07) is 8.49. The molecule has 1 amide bonds. The van der Waals surface area contributed by atoms with Crippen LogP contribution in [0.4, 0.5) is 9.18 Å². The topological polar surface area (TPSA) is 70.8 Å². The average Bonchev–Trinajstić information content (AvgIpc) is 2.84. The van der Waals surface area contributed by atoms with E-state index in [2.05, 4.69) is 0 Å². The number of hydrogen-bond acceptors (Lipinski definition) is 4. The van der Waals surface area contributed by atoms with Crippen LogP contribution in [0, 0.1) is 11.2 Å². The van der Waals surface area contributed by atoms with Gasteiger partial charge in [0.25, 0.3) is 0 Å². The van der Waals surface area contributed by atoms with Gasteiger partial charge in [0, 0.05) is 22.6 Å². The van der Waals surface area contributed by atoms with Crippen molar-refractivity contribution in [3.63, 3.8) is 0 Å². The van der Waals surface area contributed by atoms with Gasteiger partial charge in [-0.3, -0.25) is 0 Å². The smallest absolute Gasteiger partial charge is 0.405 e. The number of amides is 1. The van der Waals surface area contributed by atoms with Crippen molar-refractivity contribution in [3.05, 3.63) is 47.3 Å². The number of nitrogens with two attached hydrogens (primary N) is 1. The van der Waals surface area contributed by atoms with Crippen LogP contribution in [0.5, 0.6) is 11.5 Å². The van der Waals surface area contributed by atoms with E-state index in [9.17, 15) is 9.18 Å². The number of benzene rings is 2. The first kappa shape index (κ1) is 19.0. The molecule has 3 rings (SSSR count). The average molecular weight is 373 g/mol. The summed E-state index contributed by atoms with van der Waals surface area (Å²) in [4.78, 5) is 11.4. The fourth-order valence-corrected chi connectivity index (χ4v) is 3.71. The van der Waals surface area contributed by atoms with Gasteiger partial charge in [-0.2, -0.15) is 0 Å². The lowest BCUT2D eigenvalue weighted by Crippen LogP contribution is -2.25. The van der Waals surface area contributed by atoms with Crippen LogP contribution >= 0.6 is 0 Å². The first-order chi connectivity index (χ1) is 12.8. The van der Waals surface area contributed by atoms with E-state index >= 15 is 0 Å². The standard InChI is InChI=1S/C21H24FNO4/c1-5-26-18-10-15-12(11-21(2,3)19(15)27-20(23)24)8-16(18)14-7-6-13(25-4)9-17(14)22/h6-10,19H,5,11H2,1-4H3,(H2,23,24)/t19-/m0/s1. The Morgan fingerprint density at radius 3 is 2.59 bits per heavy atom. The summed E-state index contributed by atoms with van der Waals surface area (Å²) in [6.07, 6.45) is -0.611. The molecule has 0 saturated carbocycles. The molecular weight excluding hydrogens is 349 g/mol. The van der Waals surface area contributed by atoms with Gasteiger partial charge in [-0.25, -0.2) is 9.18 Å². The van der Waals surface area contributed by atoms with Crippen molar-refractivity contribution < 1.29 is 23.4 Å². The normalized spacial score (nSPS) is 17.3. The highest BCUT2D eigenvalue weighted by Gasteiger charge is 2.42. The van der Waals surface area contributed by atoms with Crippen molar-refractivity contribution in [1.82, 2.24) is 0 Å². The zero-order chi connectivity index (χ0) is 19.8. The summed E-state index contributed by atoms with van der Waals surface area (Å²) in [7, 11) is 1.50. The first-order valence-corrected chi connectivity index (χ1v) is 8.86. The van der Waals surface area contributed by atoms with Gasteiger partial charge in [0.1, 0.15) is 23.4 Å². The van der Waals surface area contributed by atoms with Crippen molar-refractivity contribution in [2.75, 3.05) is 13.7 Å². The maximum atomic E-state index is 14.7. The lowest BCUT2D eigenvalue weighted by Gasteiger charge is -2.26. The molecule has 144 valence electrons. The summed E-state index contributed by atoms with van der Waals surface area (Å²) in [5.74, 6) is 0.597. The molecule has 0 heterocycles. The van der Waals surface area contributed by atoms with E-state index in [0.29, 0.717) is 35.7 Å². The van der Waals surface area contributed by atoms with E-state index in [0.717, 1.165) is 11.1 Å². The summed E-state index contributed by atoms with van der Waals surface area (Å²) in [6.45, 7) is 6.31. The van der Waals surface area contributed by atoms with Crippen molar-refractivity contribution in [1.29, 1.82) is 0 Å². The number of methoxy groups -OCH3 is 1. The van der Waals surface area contributed by atoms with Crippen molar-refractivity contribution in [2.24, 2.45) is 11.1 Å². The Labute approximate surface area is 158 Å². The molecule has 2 aromatic carbocycles. The Morgan fingerprint density at radius 1 is 1.26 bits per heavy atom. The lowest BCUT2D eigenvalue weighted by atomic mass is 9.87. The van der Waals surface area contributed by atoms with Gasteiger partial charge >= 0.3 is 6.09 Å². The molecule has 2 N–H and O–H groups in total. The van der Waals surface area contributed by atoms with E-state index in [1.807, 2.05) is 32.9 Å². The molecule has 0 aromatic heterocycles. The Balaban J connectivity index is 2.14. The molecule has 0 unspecified atom stereocenters. The highest BCUT2D eigenvalue weighted by molar-refractivity contribution is 5.74. The summed E-state index contributed by atoms with van der Waals surface area (Å²) >= 11 is 0. The van der Waals surface area contributed by atoms with Crippen molar-refractivity contribution in [3.8, 4) is 22.6 Å². The van der Waals surface area contributed by atoms with E-state index < -0.39 is 18.0 Å². The van der Waals surface area contributed by atoms with Crippen molar-refractivity contribution in [2.45, 2.75) is 33.3 Å². The second kappa shape index (κ2) is 7.10. The lowest BCUT2D eigenvalue weighted by molar-refractivity contribution is 0.0391. The number of carbonyl (C=O) groups excluding carboxylic acids is 1. The molecule has 0 bridgehead atoms. The van der Waals surface area contributed by atoms with E-state index in [1.165, 1.54) is 13.2 Å². The summed E-state index contributed by atoms with van der Waals surface area (Å²) in [5, 5.41) is 0. The molecule has 0 aliphatic heterocycles. The number of carbonyl (C=O) groups is 1. The molecule has 1 atom stereocenters. The Hall–Kier alpha value is -2.76. The molecule has 2 aromatic rings. The molecule has 6 heteroatoms. The molecule has 1 aliphatic rings. The molecular formula is C21H24FNO4. The second-order valence-electron chi connectivity index (χ2n) is 7.31. The highest BCUT2D eigenvalue weighted by atomic mass is 19.1. The molecule has 0 saturated heterocycles. The molecule has 0 fully saturated rings. The molecule has 0 radical (unpaired) electrons. The third kappa shape index (κ3) is 3.56. The monoisotopic (exact) mass is 373 g/mol. The van der Waals surface area contributed by atoms with Gasteiger partial charge < -0.3 is 19.9 Å². The van der Waals surface area contributed by atoms with E-state index in [-0.39, 0.29) is 5.41 Å². The van der Waals surface area contributed by atoms with Crippen molar-refractivity contribution >= 4 is 6.09 Å². The van der Waals surface area contributed by atoms with Gasteiger partial charge in [-0.15, -0.1) is 0 Å². The van der Waals surface area contributed by atoms with Crippen LogP contribution < -0.4 is 15.2 Å². The fourth-order valence-electron chi connectivity index (χ4n) is 3.71. The largest absolute Gasteiger partial charge is 0.497 e. The van der Waals surface area contributed by atoms with Crippen LogP contribution in [0.25, 0.3) is 11.1 Å². The van der Waals surface area contributed by atoms with Crippen LogP contribution in [0.15, 0.2) is 30.3 Å². The maximum Gasteiger partial charge on any atom is 0.405 e. The van der Waals surface area contributed by atoms with E-state index in [4.69, 9.17) is 19.9 Å². The number of rotatable bonds is 5. The number of primary amides is 1. The highest BCUT2D eigenvalue weighted by Crippen LogP contribution is 2.50. The third-order valence-electron chi connectivity index (χ3n) is 4.88. The SMILES string of the molecule is CCOc1cc2c(cc1-c1ccc(OC)cc1F)CC(C)(C)[C@H]2OC(N)=O. The Kier molecular flexibility index (Phi) is 5.00. The zero-order valence-electron chi connectivity index (χ0n) is 16.0. The van der Waals surface area contributed by atoms with Gasteiger partial charge in [0.2, 0.25) is 0 Å². The van der Waals surface area contributed by atoms with Crippen LogP contribution in [0.2, 0.25) is 0 Å². The van der Waals surface area contributed by atoms with Crippen LogP contribution in [-0.4, -0.2) is 19.8 Å². The number of ether oxygens (including phenoxy) is 3. The second-order valence-corrected chi connectivity index (χ2v) is 7.31. The Morgan fingerprint density at radius 2 is 2.00 bits per heavy atom. The number of fused-ring (bicyclic) bond motifs is 1. The van der Waals surface area contributed by atoms with Gasteiger partial charge in [-0.05, 0) is 48.7 Å². The number of halogens is 1. The Bertz CT molecular complexity index is 879. The number of hydrogen-bond donors (Lipinski definition) is 1. The quantitative estimate of drug-likeness (QED) is 0.830. The zero-order valence-corrected chi connectivity index (χ0v) is 16.0. The minimum Gasteiger partial charge on any atom is -0.497 e.